The normalized spacial score (nSPS) is 13.5. The maximum atomic E-state index is 13.2. The highest BCUT2D eigenvalue weighted by Gasteiger charge is 2.26. The summed E-state index contributed by atoms with van der Waals surface area (Å²) in [6.45, 7) is 3.63. The first-order valence-electron chi connectivity index (χ1n) is 12.0. The van der Waals surface area contributed by atoms with Crippen LogP contribution in [0.15, 0.2) is 47.8 Å². The van der Waals surface area contributed by atoms with Gasteiger partial charge in [-0.1, -0.05) is 6.07 Å². The summed E-state index contributed by atoms with van der Waals surface area (Å²) in [7, 11) is 4.77. The van der Waals surface area contributed by atoms with E-state index >= 15 is 0 Å². The molecule has 0 fully saturated rings. The molecule has 0 atom stereocenters. The zero-order valence-electron chi connectivity index (χ0n) is 21.0. The predicted molar refractivity (Wildman–Crippen MR) is 135 cm³/mol. The number of nitrogens with zero attached hydrogens (tertiary/aromatic N) is 4. The Morgan fingerprint density at radius 2 is 1.81 bits per heavy atom. The number of carbonyl (C=O) groups is 1. The molecule has 0 saturated carbocycles. The Bertz CT molecular complexity index is 1220. The number of fused-ring (bicyclic) bond motifs is 1. The Kier molecular flexibility index (Phi) is 8.27. The molecule has 0 bridgehead atoms. The Hall–Kier alpha value is -3.79. The lowest BCUT2D eigenvalue weighted by Gasteiger charge is -2.22. The molecule has 1 aromatic carbocycles. The van der Waals surface area contributed by atoms with Crippen molar-refractivity contribution in [3.8, 4) is 17.2 Å². The van der Waals surface area contributed by atoms with Crippen molar-refractivity contribution in [2.45, 2.75) is 32.5 Å². The molecule has 36 heavy (non-hydrogen) atoms. The van der Waals surface area contributed by atoms with Crippen LogP contribution >= 0.6 is 0 Å². The van der Waals surface area contributed by atoms with E-state index in [1.807, 2.05) is 29.0 Å². The second-order valence-electron chi connectivity index (χ2n) is 8.60. The molecule has 10 heteroatoms. The van der Waals surface area contributed by atoms with Gasteiger partial charge in [-0.05, 0) is 18.6 Å². The lowest BCUT2D eigenvalue weighted by molar-refractivity contribution is 0.0947. The molecular weight excluding hydrogens is 462 g/mol. The zero-order chi connectivity index (χ0) is 25.5. The van der Waals surface area contributed by atoms with Gasteiger partial charge in [0.25, 0.3) is 11.5 Å². The number of hydrogen-bond donors (Lipinski definition) is 1. The summed E-state index contributed by atoms with van der Waals surface area (Å²) in [6.07, 6.45) is 6.66. The second kappa shape index (κ2) is 11.8. The molecule has 1 N–H and O–H groups in total. The Morgan fingerprint density at radius 1 is 1.06 bits per heavy atom. The highest BCUT2D eigenvalue weighted by Crippen LogP contribution is 2.30. The molecule has 4 rings (SSSR count). The molecule has 0 spiro atoms. The topological polar surface area (TPSA) is 99.9 Å². The summed E-state index contributed by atoms with van der Waals surface area (Å²) in [5, 5.41) is 2.99. The first kappa shape index (κ1) is 25.3. The van der Waals surface area contributed by atoms with Crippen LogP contribution < -0.4 is 25.1 Å². The molecule has 3 heterocycles. The van der Waals surface area contributed by atoms with Gasteiger partial charge in [0, 0.05) is 69.8 Å². The van der Waals surface area contributed by atoms with Gasteiger partial charge >= 0.3 is 0 Å². The van der Waals surface area contributed by atoms with Gasteiger partial charge in [0.15, 0.2) is 0 Å². The Morgan fingerprint density at radius 3 is 2.47 bits per heavy atom. The number of rotatable bonds is 10. The van der Waals surface area contributed by atoms with Crippen molar-refractivity contribution in [1.82, 2.24) is 24.3 Å². The molecule has 2 aromatic heterocycles. The number of benzene rings is 1. The number of imidazole rings is 1. The third-order valence-electron chi connectivity index (χ3n) is 6.48. The molecule has 3 aromatic rings. The molecule has 0 saturated heterocycles. The Balaban J connectivity index is 1.52. The average molecular weight is 496 g/mol. The number of aromatic nitrogens is 3. The summed E-state index contributed by atoms with van der Waals surface area (Å²) in [5.74, 6) is 1.58. The van der Waals surface area contributed by atoms with Gasteiger partial charge in [-0.3, -0.25) is 14.5 Å². The van der Waals surface area contributed by atoms with E-state index in [9.17, 15) is 9.59 Å². The number of hydrogen-bond acceptors (Lipinski definition) is 7. The fraction of sp³-hybridized carbons (Fsp3) is 0.423. The molecule has 1 aliphatic heterocycles. The molecule has 0 unspecified atom stereocenters. The summed E-state index contributed by atoms with van der Waals surface area (Å²) in [6, 6.07) is 7.12. The highest BCUT2D eigenvalue weighted by molar-refractivity contribution is 5.98. The standard InChI is InChI=1S/C26H33N5O5/c1-34-21-6-4-7-22(35-2)19(21)17-29-12-8-20-25(23(36-3)16-24(32)31(20)15-14-29)26(33)28-9-5-11-30-13-10-27-18-30/h4,6-7,10,13,16,18H,5,8-9,11-12,14-15,17H2,1-3H3,(H,28,33). The van der Waals surface area contributed by atoms with Gasteiger partial charge in [-0.2, -0.15) is 0 Å². The van der Waals surface area contributed by atoms with Gasteiger partial charge in [-0.15, -0.1) is 0 Å². The number of carbonyl (C=O) groups excluding carboxylic acids is 1. The van der Waals surface area contributed by atoms with Crippen molar-refractivity contribution in [2.75, 3.05) is 41.0 Å². The SMILES string of the molecule is COc1cccc(OC)c1CN1CCc2c(C(=O)NCCCn3ccnc3)c(OC)cc(=O)n2CC1. The lowest BCUT2D eigenvalue weighted by Crippen LogP contribution is -2.32. The van der Waals surface area contributed by atoms with Crippen LogP contribution in [-0.2, 0) is 26.1 Å². The molecule has 0 radical (unpaired) electrons. The zero-order valence-corrected chi connectivity index (χ0v) is 21.0. The van der Waals surface area contributed by atoms with Crippen molar-refractivity contribution in [3.63, 3.8) is 0 Å². The molecule has 0 aliphatic carbocycles. The molecule has 1 amide bonds. The van der Waals surface area contributed by atoms with Crippen LogP contribution in [0.4, 0.5) is 0 Å². The van der Waals surface area contributed by atoms with Crippen LogP contribution in [0.5, 0.6) is 17.2 Å². The van der Waals surface area contributed by atoms with Crippen LogP contribution in [-0.4, -0.2) is 65.9 Å². The minimum Gasteiger partial charge on any atom is -0.496 e. The van der Waals surface area contributed by atoms with E-state index in [2.05, 4.69) is 15.2 Å². The second-order valence-corrected chi connectivity index (χ2v) is 8.60. The third-order valence-corrected chi connectivity index (χ3v) is 6.48. The smallest absolute Gasteiger partial charge is 0.256 e. The van der Waals surface area contributed by atoms with Crippen molar-refractivity contribution < 1.29 is 19.0 Å². The Labute approximate surface area is 210 Å². The molecular formula is C26H33N5O5. The predicted octanol–water partition coefficient (Wildman–Crippen LogP) is 1.95. The van der Waals surface area contributed by atoms with Crippen molar-refractivity contribution in [1.29, 1.82) is 0 Å². The number of aryl methyl sites for hydroxylation is 1. The first-order valence-corrected chi connectivity index (χ1v) is 12.0. The first-order chi connectivity index (χ1) is 17.5. The maximum absolute atomic E-state index is 13.2. The monoisotopic (exact) mass is 495 g/mol. The minimum absolute atomic E-state index is 0.171. The van der Waals surface area contributed by atoms with Gasteiger partial charge in [-0.25, -0.2) is 4.98 Å². The van der Waals surface area contributed by atoms with Crippen LogP contribution in [0.2, 0.25) is 0 Å². The largest absolute Gasteiger partial charge is 0.496 e. The molecule has 10 nitrogen and oxygen atoms in total. The van der Waals surface area contributed by atoms with Gasteiger partial charge in [0.05, 0.1) is 33.2 Å². The van der Waals surface area contributed by atoms with Crippen LogP contribution in [0.3, 0.4) is 0 Å². The minimum atomic E-state index is -0.235. The van der Waals surface area contributed by atoms with Gasteiger partial charge in [0.1, 0.15) is 22.8 Å². The van der Waals surface area contributed by atoms with Crippen LogP contribution in [0.1, 0.15) is 28.0 Å². The van der Waals surface area contributed by atoms with E-state index in [4.69, 9.17) is 14.2 Å². The van der Waals surface area contributed by atoms with Crippen molar-refractivity contribution in [3.05, 3.63) is 70.2 Å². The van der Waals surface area contributed by atoms with Crippen molar-refractivity contribution in [2.24, 2.45) is 0 Å². The maximum Gasteiger partial charge on any atom is 0.256 e. The fourth-order valence-corrected chi connectivity index (χ4v) is 4.64. The van der Waals surface area contributed by atoms with E-state index in [1.54, 1.807) is 31.3 Å². The summed E-state index contributed by atoms with van der Waals surface area (Å²) in [5.41, 5.74) is 1.90. The average Bonchev–Trinajstić information content (AvgIpc) is 3.33. The van der Waals surface area contributed by atoms with E-state index < -0.39 is 0 Å². The van der Waals surface area contributed by atoms with E-state index in [0.717, 1.165) is 30.0 Å². The quantitative estimate of drug-likeness (QED) is 0.429. The number of ether oxygens (including phenoxy) is 3. The number of pyridine rings is 1. The summed E-state index contributed by atoms with van der Waals surface area (Å²) < 4.78 is 20.2. The molecule has 192 valence electrons. The van der Waals surface area contributed by atoms with E-state index in [1.165, 1.54) is 13.2 Å². The van der Waals surface area contributed by atoms with E-state index in [0.29, 0.717) is 56.2 Å². The number of amides is 1. The van der Waals surface area contributed by atoms with Gasteiger partial charge < -0.3 is 28.7 Å². The summed E-state index contributed by atoms with van der Waals surface area (Å²) >= 11 is 0. The third kappa shape index (κ3) is 5.54. The summed E-state index contributed by atoms with van der Waals surface area (Å²) in [4.78, 5) is 32.4. The van der Waals surface area contributed by atoms with Gasteiger partial charge in [0.2, 0.25) is 0 Å². The fourth-order valence-electron chi connectivity index (χ4n) is 4.64. The number of methoxy groups -OCH3 is 3. The molecule has 1 aliphatic rings. The van der Waals surface area contributed by atoms with E-state index in [-0.39, 0.29) is 11.5 Å². The number of nitrogens with one attached hydrogen (secondary N) is 1. The van der Waals surface area contributed by atoms with Crippen LogP contribution in [0, 0.1) is 0 Å². The van der Waals surface area contributed by atoms with Crippen molar-refractivity contribution >= 4 is 5.91 Å². The highest BCUT2D eigenvalue weighted by atomic mass is 16.5. The van der Waals surface area contributed by atoms with Crippen LogP contribution in [0.25, 0.3) is 0 Å². The lowest BCUT2D eigenvalue weighted by atomic mass is 10.1.